The van der Waals surface area contributed by atoms with Crippen molar-refractivity contribution in [1.82, 2.24) is 4.90 Å². The van der Waals surface area contributed by atoms with Crippen molar-refractivity contribution in [2.24, 2.45) is 5.41 Å². The lowest BCUT2D eigenvalue weighted by Crippen LogP contribution is -2.40. The SMILES string of the molecule is CC(C)(C)C(=O)C[C@@H]1CO[C@H]2c3ccccc3CCN12. The van der Waals surface area contributed by atoms with Crippen molar-refractivity contribution in [3.8, 4) is 0 Å². The number of Topliss-reactive ketones (excluding diaryl/α,β-unsaturated/α-hetero) is 1. The molecule has 0 amide bonds. The third-order valence-electron chi connectivity index (χ3n) is 4.43. The summed E-state index contributed by atoms with van der Waals surface area (Å²) in [6, 6.07) is 8.73. The largest absolute Gasteiger partial charge is 0.357 e. The summed E-state index contributed by atoms with van der Waals surface area (Å²) in [6.45, 7) is 7.64. The number of ketones is 1. The van der Waals surface area contributed by atoms with Crippen LogP contribution in [0.1, 0.15) is 44.5 Å². The third kappa shape index (κ3) is 2.40. The summed E-state index contributed by atoms with van der Waals surface area (Å²) in [4.78, 5) is 14.6. The van der Waals surface area contributed by atoms with Gasteiger partial charge >= 0.3 is 0 Å². The Balaban J connectivity index is 1.76. The van der Waals surface area contributed by atoms with Gasteiger partial charge in [0.2, 0.25) is 0 Å². The molecule has 2 aliphatic heterocycles. The molecule has 20 heavy (non-hydrogen) atoms. The van der Waals surface area contributed by atoms with E-state index in [0.29, 0.717) is 18.8 Å². The van der Waals surface area contributed by atoms with Crippen LogP contribution < -0.4 is 0 Å². The monoisotopic (exact) mass is 273 g/mol. The van der Waals surface area contributed by atoms with E-state index in [2.05, 4.69) is 29.2 Å². The van der Waals surface area contributed by atoms with Crippen molar-refractivity contribution < 1.29 is 9.53 Å². The fraction of sp³-hybridized carbons (Fsp3) is 0.588. The predicted molar refractivity (Wildman–Crippen MR) is 78.4 cm³/mol. The van der Waals surface area contributed by atoms with Crippen LogP contribution in [0.4, 0.5) is 0 Å². The van der Waals surface area contributed by atoms with Crippen LogP contribution in [0, 0.1) is 5.41 Å². The van der Waals surface area contributed by atoms with Gasteiger partial charge in [0.1, 0.15) is 12.0 Å². The Kier molecular flexibility index (Phi) is 3.43. The van der Waals surface area contributed by atoms with Crippen molar-refractivity contribution in [3.05, 3.63) is 35.4 Å². The van der Waals surface area contributed by atoms with Gasteiger partial charge in [0.25, 0.3) is 0 Å². The van der Waals surface area contributed by atoms with Crippen LogP contribution in [0.15, 0.2) is 24.3 Å². The summed E-state index contributed by atoms with van der Waals surface area (Å²) >= 11 is 0. The van der Waals surface area contributed by atoms with Gasteiger partial charge in [-0.25, -0.2) is 0 Å². The number of benzene rings is 1. The Bertz CT molecular complexity index is 518. The maximum Gasteiger partial charge on any atom is 0.139 e. The summed E-state index contributed by atoms with van der Waals surface area (Å²) in [7, 11) is 0. The lowest BCUT2D eigenvalue weighted by Gasteiger charge is -2.34. The van der Waals surface area contributed by atoms with Gasteiger partial charge in [-0.1, -0.05) is 45.0 Å². The van der Waals surface area contributed by atoms with Crippen molar-refractivity contribution in [1.29, 1.82) is 0 Å². The van der Waals surface area contributed by atoms with Gasteiger partial charge in [-0.05, 0) is 17.5 Å². The summed E-state index contributed by atoms with van der Waals surface area (Å²) < 4.78 is 5.98. The molecule has 3 heteroatoms. The number of nitrogens with zero attached hydrogens (tertiary/aromatic N) is 1. The molecule has 1 saturated heterocycles. The van der Waals surface area contributed by atoms with Crippen molar-refractivity contribution in [3.63, 3.8) is 0 Å². The fourth-order valence-electron chi connectivity index (χ4n) is 3.10. The molecule has 0 saturated carbocycles. The van der Waals surface area contributed by atoms with Crippen LogP contribution in [-0.2, 0) is 16.0 Å². The molecule has 1 fully saturated rings. The summed E-state index contributed by atoms with van der Waals surface area (Å²) in [5, 5.41) is 0. The molecule has 0 aromatic heterocycles. The summed E-state index contributed by atoms with van der Waals surface area (Å²) in [5.41, 5.74) is 2.41. The zero-order valence-corrected chi connectivity index (χ0v) is 12.6. The topological polar surface area (TPSA) is 29.5 Å². The molecule has 3 rings (SSSR count). The highest BCUT2D eigenvalue weighted by atomic mass is 16.5. The second-order valence-corrected chi connectivity index (χ2v) is 6.90. The zero-order valence-electron chi connectivity index (χ0n) is 12.6. The molecule has 2 aliphatic rings. The second kappa shape index (κ2) is 4.97. The van der Waals surface area contributed by atoms with E-state index < -0.39 is 0 Å². The van der Waals surface area contributed by atoms with E-state index in [1.165, 1.54) is 11.1 Å². The predicted octanol–water partition coefficient (Wildman–Crippen LogP) is 2.95. The van der Waals surface area contributed by atoms with Gasteiger partial charge in [-0.3, -0.25) is 9.69 Å². The van der Waals surface area contributed by atoms with Crippen LogP contribution in [0.5, 0.6) is 0 Å². The molecule has 1 aromatic carbocycles. The molecule has 0 bridgehead atoms. The minimum absolute atomic E-state index is 0.0534. The highest BCUT2D eigenvalue weighted by Gasteiger charge is 2.40. The number of hydrogen-bond donors (Lipinski definition) is 0. The van der Waals surface area contributed by atoms with Crippen LogP contribution in [0.2, 0.25) is 0 Å². The van der Waals surface area contributed by atoms with Crippen LogP contribution in [-0.4, -0.2) is 29.9 Å². The smallest absolute Gasteiger partial charge is 0.139 e. The van der Waals surface area contributed by atoms with Crippen LogP contribution in [0.25, 0.3) is 0 Å². The van der Waals surface area contributed by atoms with Gasteiger partial charge in [-0.15, -0.1) is 0 Å². The molecular formula is C17H23NO2. The van der Waals surface area contributed by atoms with Crippen LogP contribution in [0.3, 0.4) is 0 Å². The molecule has 3 nitrogen and oxygen atoms in total. The molecule has 108 valence electrons. The van der Waals surface area contributed by atoms with Gasteiger partial charge in [-0.2, -0.15) is 0 Å². The van der Waals surface area contributed by atoms with E-state index >= 15 is 0 Å². The van der Waals surface area contributed by atoms with E-state index in [4.69, 9.17) is 4.74 Å². The standard InChI is InChI=1S/C17H23NO2/c1-17(2,3)15(19)10-13-11-20-16-14-7-5-4-6-12(14)8-9-18(13)16/h4-7,13,16H,8-11H2,1-3H3/t13-,16+/m1/s1. The first kappa shape index (κ1) is 13.8. The Morgan fingerprint density at radius 1 is 1.35 bits per heavy atom. The maximum absolute atomic E-state index is 12.3. The minimum atomic E-state index is -0.258. The molecule has 0 unspecified atom stereocenters. The maximum atomic E-state index is 12.3. The number of fused-ring (bicyclic) bond motifs is 3. The van der Waals surface area contributed by atoms with E-state index in [-0.39, 0.29) is 17.7 Å². The second-order valence-electron chi connectivity index (χ2n) is 6.90. The fourth-order valence-corrected chi connectivity index (χ4v) is 3.10. The molecule has 1 aromatic rings. The van der Waals surface area contributed by atoms with Gasteiger partial charge in [0, 0.05) is 24.4 Å². The van der Waals surface area contributed by atoms with E-state index in [1.807, 2.05) is 20.8 Å². The molecule has 0 spiro atoms. The summed E-state index contributed by atoms with van der Waals surface area (Å²) in [5.74, 6) is 0.325. The van der Waals surface area contributed by atoms with Crippen molar-refractivity contribution in [2.75, 3.05) is 13.2 Å². The first-order chi connectivity index (χ1) is 9.47. The quantitative estimate of drug-likeness (QED) is 0.829. The highest BCUT2D eigenvalue weighted by molar-refractivity contribution is 5.84. The lowest BCUT2D eigenvalue weighted by molar-refractivity contribution is -0.127. The van der Waals surface area contributed by atoms with Gasteiger partial charge in [0.15, 0.2) is 0 Å². The van der Waals surface area contributed by atoms with Gasteiger partial charge < -0.3 is 4.74 Å². The summed E-state index contributed by atoms with van der Waals surface area (Å²) in [6.07, 6.45) is 1.70. The van der Waals surface area contributed by atoms with Crippen molar-refractivity contribution >= 4 is 5.78 Å². The Morgan fingerprint density at radius 2 is 2.10 bits per heavy atom. The molecule has 0 N–H and O–H groups in total. The minimum Gasteiger partial charge on any atom is -0.357 e. The average molecular weight is 273 g/mol. The van der Waals surface area contributed by atoms with E-state index in [9.17, 15) is 4.79 Å². The number of carbonyl (C=O) groups is 1. The molecular weight excluding hydrogens is 250 g/mol. The molecule has 0 aliphatic carbocycles. The highest BCUT2D eigenvalue weighted by Crippen LogP contribution is 2.38. The zero-order chi connectivity index (χ0) is 14.3. The van der Waals surface area contributed by atoms with E-state index in [1.54, 1.807) is 0 Å². The van der Waals surface area contributed by atoms with E-state index in [0.717, 1.165) is 13.0 Å². The Labute approximate surface area is 120 Å². The van der Waals surface area contributed by atoms with Gasteiger partial charge in [0.05, 0.1) is 6.61 Å². The Morgan fingerprint density at radius 3 is 2.85 bits per heavy atom. The average Bonchev–Trinajstić information content (AvgIpc) is 2.81. The number of hydrogen-bond acceptors (Lipinski definition) is 3. The number of carbonyl (C=O) groups excluding carboxylic acids is 1. The molecule has 2 atom stereocenters. The van der Waals surface area contributed by atoms with Crippen molar-refractivity contribution in [2.45, 2.75) is 45.9 Å². The lowest BCUT2D eigenvalue weighted by atomic mass is 9.86. The Hall–Kier alpha value is -1.19. The third-order valence-corrected chi connectivity index (χ3v) is 4.43. The molecule has 2 heterocycles. The molecule has 0 radical (unpaired) electrons. The van der Waals surface area contributed by atoms with Crippen LogP contribution >= 0.6 is 0 Å². The number of ether oxygens (including phenoxy) is 1. The first-order valence-electron chi connectivity index (χ1n) is 7.45. The first-order valence-corrected chi connectivity index (χ1v) is 7.45. The normalized spacial score (nSPS) is 26.1. The number of rotatable bonds is 2.